The van der Waals surface area contributed by atoms with Crippen LogP contribution in [0.25, 0.3) is 0 Å². The van der Waals surface area contributed by atoms with Gasteiger partial charge in [0, 0.05) is 25.8 Å². The van der Waals surface area contributed by atoms with Gasteiger partial charge in [-0.3, -0.25) is 14.5 Å². The summed E-state index contributed by atoms with van der Waals surface area (Å²) >= 11 is 0. The van der Waals surface area contributed by atoms with Crippen molar-refractivity contribution in [3.05, 3.63) is 42.2 Å². The van der Waals surface area contributed by atoms with E-state index in [0.29, 0.717) is 31.6 Å². The zero-order chi connectivity index (χ0) is 17.2. The fourth-order valence-electron chi connectivity index (χ4n) is 3.10. The number of aromatic nitrogens is 4. The molecule has 0 unspecified atom stereocenters. The number of carbonyl (C=O) groups excluding carboxylic acids is 1. The van der Waals surface area contributed by atoms with E-state index >= 15 is 0 Å². The number of aryl methyl sites for hydroxylation is 1. The number of pyridine rings is 1. The lowest BCUT2D eigenvalue weighted by atomic mass is 9.97. The van der Waals surface area contributed by atoms with E-state index in [2.05, 4.69) is 15.1 Å². The topological polar surface area (TPSA) is 63.9 Å². The van der Waals surface area contributed by atoms with Crippen molar-refractivity contribution in [3.63, 3.8) is 0 Å². The summed E-state index contributed by atoms with van der Waals surface area (Å²) in [5, 5.41) is 4.03. The number of piperidine rings is 1. The molecule has 1 amide bonds. The van der Waals surface area contributed by atoms with Crippen LogP contribution in [0.15, 0.2) is 31.0 Å². The summed E-state index contributed by atoms with van der Waals surface area (Å²) < 4.78 is 30.9. The van der Waals surface area contributed by atoms with E-state index in [4.69, 9.17) is 0 Å². The molecule has 2 aromatic rings. The van der Waals surface area contributed by atoms with Crippen LogP contribution in [0.4, 0.5) is 8.78 Å². The maximum absolute atomic E-state index is 14.6. The molecule has 1 aliphatic rings. The first-order chi connectivity index (χ1) is 11.5. The number of alkyl halides is 2. The number of likely N-dealkylation sites (tertiary alicyclic amines) is 1. The Balaban J connectivity index is 1.73. The van der Waals surface area contributed by atoms with Crippen LogP contribution in [0.1, 0.15) is 24.1 Å². The van der Waals surface area contributed by atoms with Gasteiger partial charge in [0.1, 0.15) is 18.3 Å². The minimum absolute atomic E-state index is 0.0880. The van der Waals surface area contributed by atoms with Gasteiger partial charge in [-0.2, -0.15) is 13.9 Å². The lowest BCUT2D eigenvalue weighted by Crippen LogP contribution is -2.48. The van der Waals surface area contributed by atoms with E-state index in [1.807, 2.05) is 0 Å². The van der Waals surface area contributed by atoms with Crippen molar-refractivity contribution in [2.45, 2.75) is 32.2 Å². The second-order valence-electron chi connectivity index (χ2n) is 6.12. The van der Waals surface area contributed by atoms with Gasteiger partial charge in [0.2, 0.25) is 0 Å². The summed E-state index contributed by atoms with van der Waals surface area (Å²) in [6.07, 6.45) is 5.88. The third-order valence-electron chi connectivity index (χ3n) is 4.29. The molecule has 0 bridgehead atoms. The Labute approximate surface area is 138 Å². The number of nitrogens with zero attached hydrogens (tertiary/aromatic N) is 5. The van der Waals surface area contributed by atoms with Crippen LogP contribution >= 0.6 is 0 Å². The highest BCUT2D eigenvalue weighted by Crippen LogP contribution is 2.32. The van der Waals surface area contributed by atoms with Crippen LogP contribution in [-0.2, 0) is 17.3 Å². The molecular formula is C16H19F2N5O. The molecule has 1 atom stereocenters. The van der Waals surface area contributed by atoms with E-state index in [0.717, 1.165) is 6.42 Å². The molecule has 2 aromatic heterocycles. The van der Waals surface area contributed by atoms with Gasteiger partial charge < -0.3 is 4.90 Å². The van der Waals surface area contributed by atoms with E-state index < -0.39 is 17.5 Å². The average molecular weight is 335 g/mol. The Kier molecular flexibility index (Phi) is 4.55. The monoisotopic (exact) mass is 335 g/mol. The predicted octanol–water partition coefficient (Wildman–Crippen LogP) is 2.01. The SMILES string of the molecule is Cc1cccnc1C(F)(F)C(=O)N1CCC[C@H](Cn2cncn2)C1. The number of amides is 1. The molecule has 0 N–H and O–H groups in total. The summed E-state index contributed by atoms with van der Waals surface area (Å²) in [4.78, 5) is 21.3. The molecule has 3 rings (SSSR count). The molecule has 1 saturated heterocycles. The molecule has 0 radical (unpaired) electrons. The maximum atomic E-state index is 14.6. The van der Waals surface area contributed by atoms with Gasteiger partial charge in [0.05, 0.1) is 0 Å². The molecule has 3 heterocycles. The van der Waals surface area contributed by atoms with Crippen molar-refractivity contribution < 1.29 is 13.6 Å². The second-order valence-corrected chi connectivity index (χ2v) is 6.12. The predicted molar refractivity (Wildman–Crippen MR) is 82.2 cm³/mol. The lowest BCUT2D eigenvalue weighted by molar-refractivity contribution is -0.161. The third-order valence-corrected chi connectivity index (χ3v) is 4.29. The number of carbonyl (C=O) groups is 1. The first-order valence-corrected chi connectivity index (χ1v) is 7.90. The Morgan fingerprint density at radius 2 is 2.29 bits per heavy atom. The molecule has 6 nitrogen and oxygen atoms in total. The minimum atomic E-state index is -3.61. The molecule has 1 aliphatic heterocycles. The smallest absolute Gasteiger partial charge is 0.337 e. The van der Waals surface area contributed by atoms with Crippen molar-refractivity contribution >= 4 is 5.91 Å². The molecule has 0 aromatic carbocycles. The first kappa shape index (κ1) is 16.5. The highest BCUT2D eigenvalue weighted by atomic mass is 19.3. The summed E-state index contributed by atoms with van der Waals surface area (Å²) in [6.45, 7) is 2.74. The van der Waals surface area contributed by atoms with E-state index in [-0.39, 0.29) is 5.92 Å². The maximum Gasteiger partial charge on any atom is 0.366 e. The molecule has 1 fully saturated rings. The fraction of sp³-hybridized carbons (Fsp3) is 0.500. The van der Waals surface area contributed by atoms with Crippen molar-refractivity contribution in [2.24, 2.45) is 5.92 Å². The van der Waals surface area contributed by atoms with Crippen LogP contribution in [0.5, 0.6) is 0 Å². The van der Waals surface area contributed by atoms with Crippen molar-refractivity contribution in [3.8, 4) is 0 Å². The summed E-state index contributed by atoms with van der Waals surface area (Å²) in [5.41, 5.74) is -0.152. The molecule has 8 heteroatoms. The minimum Gasteiger partial charge on any atom is -0.337 e. The Morgan fingerprint density at radius 1 is 1.46 bits per heavy atom. The quantitative estimate of drug-likeness (QED) is 0.857. The van der Waals surface area contributed by atoms with Crippen LogP contribution in [0.3, 0.4) is 0 Å². The number of halogens is 2. The van der Waals surface area contributed by atoms with Gasteiger partial charge >= 0.3 is 5.92 Å². The second kappa shape index (κ2) is 6.62. The van der Waals surface area contributed by atoms with Gasteiger partial charge in [0.25, 0.3) is 5.91 Å². The summed E-state index contributed by atoms with van der Waals surface area (Å²) in [6, 6.07) is 3.11. The number of hydrogen-bond donors (Lipinski definition) is 0. The fourth-order valence-corrected chi connectivity index (χ4v) is 3.10. The zero-order valence-electron chi connectivity index (χ0n) is 13.4. The van der Waals surface area contributed by atoms with Crippen LogP contribution < -0.4 is 0 Å². The average Bonchev–Trinajstić information content (AvgIpc) is 3.07. The first-order valence-electron chi connectivity index (χ1n) is 7.90. The van der Waals surface area contributed by atoms with Gasteiger partial charge in [-0.15, -0.1) is 0 Å². The Bertz CT molecular complexity index is 704. The van der Waals surface area contributed by atoms with Crippen LogP contribution in [0, 0.1) is 12.8 Å². The Morgan fingerprint density at radius 3 is 3.00 bits per heavy atom. The molecule has 0 saturated carbocycles. The van der Waals surface area contributed by atoms with Crippen molar-refractivity contribution in [1.29, 1.82) is 0 Å². The molecule has 24 heavy (non-hydrogen) atoms. The van der Waals surface area contributed by atoms with Gasteiger partial charge in [-0.05, 0) is 37.3 Å². The largest absolute Gasteiger partial charge is 0.366 e. The molecule has 0 spiro atoms. The standard InChI is InChI=1S/C16H19F2N5O/c1-12-4-2-6-20-14(12)16(17,18)15(24)22-7-3-5-13(8-22)9-23-11-19-10-21-23/h2,4,6,10-11,13H,3,5,7-9H2,1H3/t13-/m0/s1. The lowest BCUT2D eigenvalue weighted by Gasteiger charge is -2.34. The van der Waals surface area contributed by atoms with E-state index in [1.54, 1.807) is 17.1 Å². The van der Waals surface area contributed by atoms with E-state index in [1.165, 1.54) is 30.4 Å². The van der Waals surface area contributed by atoms with Crippen LogP contribution in [-0.4, -0.2) is 43.6 Å². The third kappa shape index (κ3) is 3.27. The molecular weight excluding hydrogens is 316 g/mol. The molecule has 128 valence electrons. The number of rotatable bonds is 4. The van der Waals surface area contributed by atoms with Gasteiger partial charge in [-0.25, -0.2) is 4.98 Å². The molecule has 0 aliphatic carbocycles. The normalized spacial score (nSPS) is 18.6. The zero-order valence-corrected chi connectivity index (χ0v) is 13.4. The summed E-state index contributed by atoms with van der Waals surface area (Å²) in [5.74, 6) is -4.70. The van der Waals surface area contributed by atoms with E-state index in [9.17, 15) is 13.6 Å². The van der Waals surface area contributed by atoms with Crippen LogP contribution in [0.2, 0.25) is 0 Å². The summed E-state index contributed by atoms with van der Waals surface area (Å²) in [7, 11) is 0. The Hall–Kier alpha value is -2.38. The van der Waals surface area contributed by atoms with Gasteiger partial charge in [0.15, 0.2) is 0 Å². The highest BCUT2D eigenvalue weighted by molar-refractivity contribution is 5.84. The highest BCUT2D eigenvalue weighted by Gasteiger charge is 2.47. The van der Waals surface area contributed by atoms with Gasteiger partial charge in [-0.1, -0.05) is 6.07 Å². The van der Waals surface area contributed by atoms with Crippen molar-refractivity contribution in [1.82, 2.24) is 24.6 Å². The number of hydrogen-bond acceptors (Lipinski definition) is 4. The van der Waals surface area contributed by atoms with Crippen molar-refractivity contribution in [2.75, 3.05) is 13.1 Å².